The molecule has 0 amide bonds. The van der Waals surface area contributed by atoms with Crippen molar-refractivity contribution in [3.63, 3.8) is 0 Å². The number of carbonyl (C=O) groups excluding carboxylic acids is 1. The minimum Gasteiger partial charge on any atom is -0.497 e. The van der Waals surface area contributed by atoms with Gasteiger partial charge in [0.1, 0.15) is 5.75 Å². The number of ketones is 1. The van der Waals surface area contributed by atoms with Crippen LogP contribution in [0.3, 0.4) is 0 Å². The second-order valence-corrected chi connectivity index (χ2v) is 5.76. The molecule has 1 aromatic carbocycles. The lowest BCUT2D eigenvalue weighted by Gasteiger charge is -2.25. The van der Waals surface area contributed by atoms with Gasteiger partial charge < -0.3 is 4.74 Å². The van der Waals surface area contributed by atoms with E-state index in [1.807, 2.05) is 43.3 Å². The predicted molar refractivity (Wildman–Crippen MR) is 82.8 cm³/mol. The highest BCUT2D eigenvalue weighted by Gasteiger charge is 2.29. The average molecular weight is 281 g/mol. The molecule has 1 aliphatic carbocycles. The van der Waals surface area contributed by atoms with Gasteiger partial charge in [0.15, 0.2) is 5.78 Å². The van der Waals surface area contributed by atoms with Gasteiger partial charge in [-0.25, -0.2) is 0 Å². The van der Waals surface area contributed by atoms with Crippen molar-refractivity contribution in [2.24, 2.45) is 5.92 Å². The molecule has 2 aromatic rings. The molecule has 1 heterocycles. The van der Waals surface area contributed by atoms with E-state index in [9.17, 15) is 4.79 Å². The van der Waals surface area contributed by atoms with E-state index in [1.165, 1.54) is 0 Å². The highest BCUT2D eigenvalue weighted by Crippen LogP contribution is 2.34. The number of Topliss-reactive ketones (excluding diaryl/α,β-unsaturated/α-hetero) is 1. The summed E-state index contributed by atoms with van der Waals surface area (Å²) in [6.45, 7) is 4.14. The molecule has 1 aliphatic rings. The third-order valence-electron chi connectivity index (χ3n) is 4.18. The van der Waals surface area contributed by atoms with Gasteiger partial charge in [0, 0.05) is 17.0 Å². The molecule has 0 fully saturated rings. The largest absolute Gasteiger partial charge is 0.497 e. The van der Waals surface area contributed by atoms with Gasteiger partial charge >= 0.3 is 0 Å². The lowest BCUT2D eigenvalue weighted by molar-refractivity contribution is 0.0905. The molecule has 0 aliphatic heterocycles. The molecule has 3 nitrogen and oxygen atoms in total. The van der Waals surface area contributed by atoms with Gasteiger partial charge in [-0.3, -0.25) is 9.78 Å². The summed E-state index contributed by atoms with van der Waals surface area (Å²) in [6, 6.07) is 11.7. The summed E-state index contributed by atoms with van der Waals surface area (Å²) in [4.78, 5) is 17.0. The molecule has 3 rings (SSSR count). The first-order valence-electron chi connectivity index (χ1n) is 7.29. The van der Waals surface area contributed by atoms with Crippen molar-refractivity contribution < 1.29 is 9.53 Å². The lowest BCUT2D eigenvalue weighted by Crippen LogP contribution is -2.23. The van der Waals surface area contributed by atoms with E-state index < -0.39 is 0 Å². The van der Waals surface area contributed by atoms with Crippen LogP contribution in [0, 0.1) is 5.92 Å². The number of nitrogens with zero attached hydrogens (tertiary/aromatic N) is 1. The summed E-state index contributed by atoms with van der Waals surface area (Å²) in [6.07, 6.45) is 0.875. The lowest BCUT2D eigenvalue weighted by atomic mass is 9.80. The molecule has 0 spiro atoms. The smallest absolute Gasteiger partial charge is 0.167 e. The van der Waals surface area contributed by atoms with Crippen LogP contribution in [0.1, 0.15) is 42.2 Å². The molecule has 0 bridgehead atoms. The Morgan fingerprint density at radius 1 is 1.14 bits per heavy atom. The molecule has 0 saturated carbocycles. The van der Waals surface area contributed by atoms with E-state index in [0.717, 1.165) is 34.7 Å². The van der Waals surface area contributed by atoms with Crippen molar-refractivity contribution in [2.75, 3.05) is 7.11 Å². The van der Waals surface area contributed by atoms with Crippen molar-refractivity contribution in [1.29, 1.82) is 0 Å². The van der Waals surface area contributed by atoms with Gasteiger partial charge in [-0.1, -0.05) is 26.0 Å². The van der Waals surface area contributed by atoms with Crippen molar-refractivity contribution in [3.05, 3.63) is 47.7 Å². The summed E-state index contributed by atoms with van der Waals surface area (Å²) < 4.78 is 5.26. The fraction of sp³-hybridized carbons (Fsp3) is 0.333. The van der Waals surface area contributed by atoms with Crippen LogP contribution in [-0.4, -0.2) is 17.9 Å². The number of methoxy groups -OCH3 is 1. The summed E-state index contributed by atoms with van der Waals surface area (Å²) in [5.41, 5.74) is 3.61. The predicted octanol–water partition coefficient (Wildman–Crippen LogP) is 4.08. The number of pyridine rings is 1. The normalized spacial score (nSPS) is 21.0. The van der Waals surface area contributed by atoms with Crippen LogP contribution in [0.2, 0.25) is 0 Å². The molecule has 0 saturated heterocycles. The number of ether oxygens (including phenoxy) is 1. The van der Waals surface area contributed by atoms with Gasteiger partial charge in [0.2, 0.25) is 0 Å². The molecular weight excluding hydrogens is 262 g/mol. The van der Waals surface area contributed by atoms with Crippen molar-refractivity contribution in [1.82, 2.24) is 4.98 Å². The Hall–Kier alpha value is -2.16. The molecule has 0 N–H and O–H groups in total. The molecular formula is C18H19NO2. The Labute approximate surface area is 125 Å². The Kier molecular flexibility index (Phi) is 3.50. The number of hydrogen-bond donors (Lipinski definition) is 0. The fourth-order valence-electron chi connectivity index (χ4n) is 3.02. The van der Waals surface area contributed by atoms with Gasteiger partial charge in [-0.2, -0.15) is 0 Å². The second kappa shape index (κ2) is 5.32. The molecule has 108 valence electrons. The minimum absolute atomic E-state index is 0.0944. The minimum atomic E-state index is 0.0944. The molecule has 3 heteroatoms. The number of rotatable bonds is 2. The summed E-state index contributed by atoms with van der Waals surface area (Å²) in [5, 5.41) is 0. The maximum Gasteiger partial charge on any atom is 0.167 e. The van der Waals surface area contributed by atoms with E-state index in [0.29, 0.717) is 5.92 Å². The third-order valence-corrected chi connectivity index (χ3v) is 4.18. The maximum atomic E-state index is 12.3. The Morgan fingerprint density at radius 2 is 1.95 bits per heavy atom. The number of hydrogen-bond acceptors (Lipinski definition) is 3. The Balaban J connectivity index is 2.07. The molecule has 2 atom stereocenters. The van der Waals surface area contributed by atoms with Gasteiger partial charge in [-0.15, -0.1) is 0 Å². The van der Waals surface area contributed by atoms with Crippen molar-refractivity contribution in [3.8, 4) is 17.0 Å². The van der Waals surface area contributed by atoms with Crippen LogP contribution in [-0.2, 0) is 0 Å². The zero-order chi connectivity index (χ0) is 15.0. The first-order valence-corrected chi connectivity index (χ1v) is 7.29. The van der Waals surface area contributed by atoms with E-state index in [1.54, 1.807) is 7.11 Å². The molecule has 0 radical (unpaired) electrons. The average Bonchev–Trinajstić information content (AvgIpc) is 2.52. The second-order valence-electron chi connectivity index (χ2n) is 5.76. The zero-order valence-electron chi connectivity index (χ0n) is 12.6. The quantitative estimate of drug-likeness (QED) is 0.832. The number of benzene rings is 1. The summed E-state index contributed by atoms with van der Waals surface area (Å²) >= 11 is 0. The van der Waals surface area contributed by atoms with Crippen LogP contribution in [0.5, 0.6) is 5.75 Å². The molecule has 1 aromatic heterocycles. The first kappa shape index (κ1) is 13.8. The highest BCUT2D eigenvalue weighted by atomic mass is 16.5. The van der Waals surface area contributed by atoms with E-state index >= 15 is 0 Å². The van der Waals surface area contributed by atoms with Gasteiger partial charge in [-0.05, 0) is 36.6 Å². The van der Waals surface area contributed by atoms with Crippen molar-refractivity contribution >= 4 is 5.78 Å². The topological polar surface area (TPSA) is 39.2 Å². The SMILES string of the molecule is COc1cccc(-c2ccc3c(n2)[C@@H](C)C[C@@H](C)C3=O)c1. The Morgan fingerprint density at radius 3 is 2.71 bits per heavy atom. The highest BCUT2D eigenvalue weighted by molar-refractivity contribution is 6.00. The van der Waals surface area contributed by atoms with E-state index in [4.69, 9.17) is 9.72 Å². The van der Waals surface area contributed by atoms with Gasteiger partial charge in [0.25, 0.3) is 0 Å². The Bertz CT molecular complexity index is 693. The number of fused-ring (bicyclic) bond motifs is 1. The molecule has 0 unspecified atom stereocenters. The van der Waals surface area contributed by atoms with Crippen LogP contribution in [0.25, 0.3) is 11.3 Å². The maximum absolute atomic E-state index is 12.3. The van der Waals surface area contributed by atoms with Crippen LogP contribution >= 0.6 is 0 Å². The fourth-order valence-corrected chi connectivity index (χ4v) is 3.02. The summed E-state index contributed by atoms with van der Waals surface area (Å²) in [5.74, 6) is 1.44. The zero-order valence-corrected chi connectivity index (χ0v) is 12.6. The van der Waals surface area contributed by atoms with E-state index in [2.05, 4.69) is 6.92 Å². The monoisotopic (exact) mass is 281 g/mol. The number of carbonyl (C=O) groups is 1. The summed E-state index contributed by atoms with van der Waals surface area (Å²) in [7, 11) is 1.65. The molecule has 21 heavy (non-hydrogen) atoms. The van der Waals surface area contributed by atoms with Crippen LogP contribution in [0.4, 0.5) is 0 Å². The number of aromatic nitrogens is 1. The van der Waals surface area contributed by atoms with Gasteiger partial charge in [0.05, 0.1) is 18.5 Å². The van der Waals surface area contributed by atoms with E-state index in [-0.39, 0.29) is 11.7 Å². The van der Waals surface area contributed by atoms with Crippen LogP contribution < -0.4 is 4.74 Å². The third kappa shape index (κ3) is 2.44. The van der Waals surface area contributed by atoms with Crippen molar-refractivity contribution in [2.45, 2.75) is 26.2 Å². The standard InChI is InChI=1S/C18H19NO2/c1-11-9-12(2)18(20)15-7-8-16(19-17(11)15)13-5-4-6-14(10-13)21-3/h4-8,10-12H,9H2,1-3H3/t11-,12+/m0/s1. The first-order chi connectivity index (χ1) is 10.1. The van der Waals surface area contributed by atoms with Crippen LogP contribution in [0.15, 0.2) is 36.4 Å².